The van der Waals surface area contributed by atoms with Crippen molar-refractivity contribution >= 4 is 44.4 Å². The molecule has 0 bridgehead atoms. The highest BCUT2D eigenvalue weighted by molar-refractivity contribution is 9.10. The Labute approximate surface area is 264 Å². The van der Waals surface area contributed by atoms with Gasteiger partial charge in [0.1, 0.15) is 23.0 Å². The summed E-state index contributed by atoms with van der Waals surface area (Å²) in [5.74, 6) is 0.632. The number of aryl methyl sites for hydroxylation is 4. The van der Waals surface area contributed by atoms with Crippen LogP contribution in [0.4, 0.5) is 28.4 Å². The van der Waals surface area contributed by atoms with Gasteiger partial charge in [0.15, 0.2) is 0 Å². The maximum absolute atomic E-state index is 10.5. The average molecular weight is 657 g/mol. The van der Waals surface area contributed by atoms with E-state index in [1.165, 1.54) is 0 Å². The van der Waals surface area contributed by atoms with Gasteiger partial charge < -0.3 is 20.4 Å². The van der Waals surface area contributed by atoms with Crippen molar-refractivity contribution < 1.29 is 20.4 Å². The van der Waals surface area contributed by atoms with Crippen molar-refractivity contribution in [2.75, 3.05) is 26.2 Å². The fourth-order valence-corrected chi connectivity index (χ4v) is 5.00. The van der Waals surface area contributed by atoms with E-state index in [9.17, 15) is 20.4 Å². The smallest absolute Gasteiger partial charge is 0.118 e. The number of hydrogen-bond acceptors (Lipinski definition) is 9. The molecular formula is C34H34BrN5O4. The van der Waals surface area contributed by atoms with Crippen LogP contribution in [-0.4, -0.2) is 20.4 Å². The predicted octanol–water partition coefficient (Wildman–Crippen LogP) is 8.21. The molecule has 44 heavy (non-hydrogen) atoms. The minimum absolute atomic E-state index is 0.148. The molecule has 0 heterocycles. The van der Waals surface area contributed by atoms with Crippen LogP contribution in [0.1, 0.15) is 22.3 Å². The highest BCUT2D eigenvalue weighted by Crippen LogP contribution is 2.35. The van der Waals surface area contributed by atoms with Gasteiger partial charge in [-0.15, -0.1) is 0 Å². The molecule has 0 fully saturated rings. The Morgan fingerprint density at radius 2 is 0.886 bits per heavy atom. The Morgan fingerprint density at radius 1 is 0.477 bits per heavy atom. The third kappa shape index (κ3) is 6.55. The molecule has 0 atom stereocenters. The minimum Gasteiger partial charge on any atom is -0.508 e. The van der Waals surface area contributed by atoms with Gasteiger partial charge in [0.2, 0.25) is 0 Å². The molecule has 5 rings (SSSR count). The number of phenolic OH excluding ortho intramolecular Hbond substituents is 4. The Balaban J connectivity index is 1.78. The average Bonchev–Trinajstić information content (AvgIpc) is 2.98. The number of nitrogens with one attached hydrogen (secondary N) is 2. The van der Waals surface area contributed by atoms with Gasteiger partial charge in [-0.05, 0) is 141 Å². The van der Waals surface area contributed by atoms with Gasteiger partial charge in [-0.1, -0.05) is 22.0 Å². The molecule has 0 aliphatic carbocycles. The molecule has 0 aromatic heterocycles. The van der Waals surface area contributed by atoms with Gasteiger partial charge in [0, 0.05) is 4.47 Å². The number of rotatable bonds is 9. The fraction of sp³-hybridized carbons (Fsp3) is 0.118. The van der Waals surface area contributed by atoms with E-state index in [0.717, 1.165) is 10.2 Å². The highest BCUT2D eigenvalue weighted by atomic mass is 79.9. The minimum atomic E-state index is 0.148. The molecule has 0 aliphatic heterocycles. The van der Waals surface area contributed by atoms with Crippen LogP contribution in [-0.2, 0) is 0 Å². The van der Waals surface area contributed by atoms with Crippen LogP contribution in [0.5, 0.6) is 23.0 Å². The number of aromatic hydroxyl groups is 4. The monoisotopic (exact) mass is 655 g/mol. The zero-order valence-electron chi connectivity index (χ0n) is 24.7. The third-order valence-corrected chi connectivity index (χ3v) is 7.62. The third-order valence-electron chi connectivity index (χ3n) is 7.13. The number of benzene rings is 5. The molecule has 10 heteroatoms. The molecule has 0 spiro atoms. The maximum Gasteiger partial charge on any atom is 0.118 e. The summed E-state index contributed by atoms with van der Waals surface area (Å²) < 4.78 is 0.875. The number of hydrogen-bond donors (Lipinski definition) is 6. The number of anilines is 5. The Kier molecular flexibility index (Phi) is 8.64. The lowest BCUT2D eigenvalue weighted by Gasteiger charge is -2.45. The van der Waals surface area contributed by atoms with Crippen LogP contribution in [0.15, 0.2) is 102 Å². The normalized spacial score (nSPS) is 10.8. The summed E-state index contributed by atoms with van der Waals surface area (Å²) in [7, 11) is 0. The number of nitrogens with zero attached hydrogens (tertiary/aromatic N) is 3. The SMILES string of the molecule is Cc1cc(NN(c2ccc(O)c(C)c2)N(c2ccc(O)c(C)c2)N(Nc2cccc(Br)c2)c2ccc(O)c(C)c2)ccc1O. The highest BCUT2D eigenvalue weighted by Gasteiger charge is 2.28. The summed E-state index contributed by atoms with van der Waals surface area (Å²) in [6.07, 6.45) is 0. The van der Waals surface area contributed by atoms with Gasteiger partial charge >= 0.3 is 0 Å². The lowest BCUT2D eigenvalue weighted by molar-refractivity contribution is 0.470. The molecule has 0 saturated heterocycles. The number of phenols is 4. The Bertz CT molecular complexity index is 1820. The molecule has 6 N–H and O–H groups in total. The molecule has 9 nitrogen and oxygen atoms in total. The summed E-state index contributed by atoms with van der Waals surface area (Å²) >= 11 is 3.57. The predicted molar refractivity (Wildman–Crippen MR) is 180 cm³/mol. The molecule has 0 amide bonds. The molecule has 0 aliphatic rings. The molecule has 5 aromatic carbocycles. The number of hydrazine groups is 4. The van der Waals surface area contributed by atoms with Crippen LogP contribution in [0.3, 0.4) is 0 Å². The summed E-state index contributed by atoms with van der Waals surface area (Å²) in [6, 6.07) is 28.7. The van der Waals surface area contributed by atoms with E-state index in [4.69, 9.17) is 0 Å². The zero-order chi connectivity index (χ0) is 31.5. The molecule has 0 radical (unpaired) electrons. The first-order chi connectivity index (χ1) is 21.0. The van der Waals surface area contributed by atoms with E-state index < -0.39 is 0 Å². The Hall–Kier alpha value is -5.22. The Morgan fingerprint density at radius 3 is 1.34 bits per heavy atom. The summed E-state index contributed by atoms with van der Waals surface area (Å²) in [5, 5.41) is 47.0. The topological polar surface area (TPSA) is 115 Å². The van der Waals surface area contributed by atoms with Crippen LogP contribution >= 0.6 is 15.9 Å². The van der Waals surface area contributed by atoms with Crippen molar-refractivity contribution in [2.24, 2.45) is 0 Å². The molecular weight excluding hydrogens is 622 g/mol. The molecule has 0 unspecified atom stereocenters. The van der Waals surface area contributed by atoms with E-state index in [1.54, 1.807) is 53.6 Å². The largest absolute Gasteiger partial charge is 0.508 e. The summed E-state index contributed by atoms with van der Waals surface area (Å²) in [5.41, 5.74) is 13.1. The van der Waals surface area contributed by atoms with Gasteiger partial charge in [-0.2, -0.15) is 15.4 Å². The van der Waals surface area contributed by atoms with Crippen molar-refractivity contribution in [3.8, 4) is 23.0 Å². The van der Waals surface area contributed by atoms with Crippen molar-refractivity contribution in [3.05, 3.63) is 124 Å². The molecule has 226 valence electrons. The zero-order valence-corrected chi connectivity index (χ0v) is 26.3. The standard InChI is InChI=1S/C34H34BrN5O4/c1-21-16-27(8-12-31(21)41)37-39(29-10-14-33(43)23(3)18-29)40(30-11-15-34(44)24(4)19-30)38(28-9-13-32(42)22(2)17-28)36-26-7-5-6-25(35)20-26/h5-20,36-37,41-44H,1-4H3. The fourth-order valence-electron chi connectivity index (χ4n) is 4.60. The molecule has 0 saturated carbocycles. The number of halogens is 1. The van der Waals surface area contributed by atoms with Crippen LogP contribution in [0.2, 0.25) is 0 Å². The van der Waals surface area contributed by atoms with Crippen LogP contribution < -0.4 is 26.2 Å². The second kappa shape index (κ2) is 12.6. The second-order valence-electron chi connectivity index (χ2n) is 10.6. The van der Waals surface area contributed by atoms with Crippen molar-refractivity contribution in [1.82, 2.24) is 0 Å². The van der Waals surface area contributed by atoms with Crippen molar-refractivity contribution in [2.45, 2.75) is 27.7 Å². The van der Waals surface area contributed by atoms with Crippen molar-refractivity contribution in [3.63, 3.8) is 0 Å². The van der Waals surface area contributed by atoms with Gasteiger partial charge in [0.25, 0.3) is 0 Å². The first-order valence-corrected chi connectivity index (χ1v) is 14.7. The van der Waals surface area contributed by atoms with Crippen LogP contribution in [0.25, 0.3) is 0 Å². The lowest BCUT2D eigenvalue weighted by Crippen LogP contribution is -2.59. The van der Waals surface area contributed by atoms with E-state index in [0.29, 0.717) is 45.0 Å². The van der Waals surface area contributed by atoms with E-state index in [1.807, 2.05) is 86.5 Å². The van der Waals surface area contributed by atoms with Gasteiger partial charge in [-0.3, -0.25) is 10.9 Å². The summed E-state index contributed by atoms with van der Waals surface area (Å²) in [6.45, 7) is 7.28. The van der Waals surface area contributed by atoms with Crippen molar-refractivity contribution in [1.29, 1.82) is 0 Å². The quantitative estimate of drug-likeness (QED) is 0.0690. The maximum atomic E-state index is 10.5. The summed E-state index contributed by atoms with van der Waals surface area (Å²) in [4.78, 5) is 0. The first-order valence-electron chi connectivity index (χ1n) is 13.9. The molecule has 5 aromatic rings. The second-order valence-corrected chi connectivity index (χ2v) is 11.5. The van der Waals surface area contributed by atoms with Gasteiger partial charge in [-0.25, -0.2) is 0 Å². The van der Waals surface area contributed by atoms with E-state index in [-0.39, 0.29) is 23.0 Å². The van der Waals surface area contributed by atoms with Gasteiger partial charge in [0.05, 0.1) is 28.4 Å². The lowest BCUT2D eigenvalue weighted by atomic mass is 10.2. The van der Waals surface area contributed by atoms with E-state index >= 15 is 0 Å². The first kappa shape index (κ1) is 30.2. The van der Waals surface area contributed by atoms with Crippen LogP contribution in [0, 0.1) is 27.7 Å². The van der Waals surface area contributed by atoms with E-state index in [2.05, 4.69) is 26.8 Å².